The predicted octanol–water partition coefficient (Wildman–Crippen LogP) is 3.21. The molecule has 1 amide bonds. The number of aromatic nitrogens is 2. The van der Waals surface area contributed by atoms with Crippen molar-refractivity contribution in [3.63, 3.8) is 0 Å². The molecule has 1 aliphatic rings. The van der Waals surface area contributed by atoms with Crippen LogP contribution in [0, 0.1) is 13.8 Å². The molecule has 1 saturated heterocycles. The Balaban J connectivity index is 1.70. The monoisotopic (exact) mass is 347 g/mol. The molecular formula is C18H22ClN3O2. The third-order valence-corrected chi connectivity index (χ3v) is 4.76. The second-order valence-corrected chi connectivity index (χ2v) is 6.59. The molecule has 0 saturated carbocycles. The highest BCUT2D eigenvalue weighted by Gasteiger charge is 2.31. The number of hydrogen-bond donors (Lipinski definition) is 1. The Morgan fingerprint density at radius 2 is 2.12 bits per heavy atom. The van der Waals surface area contributed by atoms with Crippen molar-refractivity contribution in [3.05, 3.63) is 51.8 Å². The van der Waals surface area contributed by atoms with E-state index in [0.29, 0.717) is 37.6 Å². The number of nitrogens with one attached hydrogen (secondary N) is 1. The van der Waals surface area contributed by atoms with Gasteiger partial charge in [-0.05, 0) is 38.0 Å². The lowest BCUT2D eigenvalue weighted by Gasteiger charge is -2.36. The van der Waals surface area contributed by atoms with Crippen LogP contribution in [-0.4, -0.2) is 40.8 Å². The maximum Gasteiger partial charge on any atom is 0.223 e. The molecule has 1 aliphatic heterocycles. The molecule has 2 aromatic rings. The number of ether oxygens (including phenoxy) is 1. The van der Waals surface area contributed by atoms with Gasteiger partial charge in [-0.25, -0.2) is 0 Å². The molecule has 0 bridgehead atoms. The Hall–Kier alpha value is -1.85. The zero-order valence-electron chi connectivity index (χ0n) is 14.0. The highest BCUT2D eigenvalue weighted by atomic mass is 35.5. The van der Waals surface area contributed by atoms with Crippen molar-refractivity contribution < 1.29 is 9.53 Å². The van der Waals surface area contributed by atoms with E-state index in [1.165, 1.54) is 0 Å². The summed E-state index contributed by atoms with van der Waals surface area (Å²) in [4.78, 5) is 14.7. The molecule has 0 aliphatic carbocycles. The lowest BCUT2D eigenvalue weighted by atomic mass is 10.0. The normalized spacial score (nSPS) is 18.0. The van der Waals surface area contributed by atoms with Crippen molar-refractivity contribution in [2.75, 3.05) is 19.8 Å². The van der Waals surface area contributed by atoms with Crippen molar-refractivity contribution in [3.8, 4) is 0 Å². The Bertz CT molecular complexity index is 692. The Morgan fingerprint density at radius 1 is 1.38 bits per heavy atom. The lowest BCUT2D eigenvalue weighted by molar-refractivity contribution is -0.140. The molecule has 6 heteroatoms. The third-order valence-electron chi connectivity index (χ3n) is 4.51. The number of hydrogen-bond acceptors (Lipinski definition) is 3. The van der Waals surface area contributed by atoms with Crippen LogP contribution in [0.25, 0.3) is 0 Å². The number of H-pyrrole nitrogens is 1. The van der Waals surface area contributed by atoms with E-state index in [0.717, 1.165) is 22.5 Å². The number of carbonyl (C=O) groups is 1. The van der Waals surface area contributed by atoms with E-state index in [4.69, 9.17) is 16.3 Å². The first-order valence-electron chi connectivity index (χ1n) is 8.19. The van der Waals surface area contributed by atoms with Crippen molar-refractivity contribution in [2.24, 2.45) is 0 Å². The molecule has 24 heavy (non-hydrogen) atoms. The summed E-state index contributed by atoms with van der Waals surface area (Å²) in [6.07, 6.45) is 1.19. The Morgan fingerprint density at radius 3 is 2.79 bits per heavy atom. The topological polar surface area (TPSA) is 58.2 Å². The minimum absolute atomic E-state index is 0.0600. The summed E-state index contributed by atoms with van der Waals surface area (Å²) in [5.41, 5.74) is 4.12. The summed E-state index contributed by atoms with van der Waals surface area (Å²) in [6.45, 7) is 5.67. The zero-order valence-corrected chi connectivity index (χ0v) is 14.8. The van der Waals surface area contributed by atoms with Crippen molar-refractivity contribution in [1.29, 1.82) is 0 Å². The number of aryl methyl sites for hydroxylation is 3. The van der Waals surface area contributed by atoms with Crippen LogP contribution in [0.1, 0.15) is 35.0 Å². The number of morpholine rings is 1. The maximum absolute atomic E-state index is 12.8. The van der Waals surface area contributed by atoms with Crippen LogP contribution in [0.4, 0.5) is 0 Å². The van der Waals surface area contributed by atoms with Crippen LogP contribution in [-0.2, 0) is 16.0 Å². The van der Waals surface area contributed by atoms with Crippen LogP contribution < -0.4 is 0 Å². The van der Waals surface area contributed by atoms with Crippen molar-refractivity contribution in [1.82, 2.24) is 15.1 Å². The van der Waals surface area contributed by atoms with Gasteiger partial charge in [-0.1, -0.05) is 23.7 Å². The number of carbonyl (C=O) groups excluding carboxylic acids is 1. The van der Waals surface area contributed by atoms with E-state index in [1.807, 2.05) is 43.0 Å². The van der Waals surface area contributed by atoms with E-state index in [9.17, 15) is 4.79 Å². The first-order chi connectivity index (χ1) is 11.6. The summed E-state index contributed by atoms with van der Waals surface area (Å²) in [5, 5.41) is 7.97. The van der Waals surface area contributed by atoms with Gasteiger partial charge >= 0.3 is 0 Å². The van der Waals surface area contributed by atoms with Gasteiger partial charge in [0.1, 0.15) is 0 Å². The molecule has 1 unspecified atom stereocenters. The number of amides is 1. The minimum Gasteiger partial charge on any atom is -0.377 e. The Labute approximate surface area is 147 Å². The van der Waals surface area contributed by atoms with E-state index in [2.05, 4.69) is 10.2 Å². The van der Waals surface area contributed by atoms with E-state index < -0.39 is 0 Å². The number of nitrogens with zero attached hydrogens (tertiary/aromatic N) is 2. The van der Waals surface area contributed by atoms with Gasteiger partial charge in [-0.3, -0.25) is 9.89 Å². The average Bonchev–Trinajstić information content (AvgIpc) is 2.92. The molecule has 1 aromatic heterocycles. The lowest BCUT2D eigenvalue weighted by Crippen LogP contribution is -2.43. The number of benzene rings is 1. The van der Waals surface area contributed by atoms with E-state index in [1.54, 1.807) is 0 Å². The molecule has 5 nitrogen and oxygen atoms in total. The molecule has 3 rings (SSSR count). The van der Waals surface area contributed by atoms with E-state index in [-0.39, 0.29) is 11.9 Å². The van der Waals surface area contributed by atoms with Gasteiger partial charge in [0.15, 0.2) is 0 Å². The maximum atomic E-state index is 12.8. The van der Waals surface area contributed by atoms with Gasteiger partial charge in [0.05, 0.1) is 24.9 Å². The fourth-order valence-corrected chi connectivity index (χ4v) is 3.36. The first kappa shape index (κ1) is 17.0. The van der Waals surface area contributed by atoms with E-state index >= 15 is 0 Å². The smallest absolute Gasteiger partial charge is 0.223 e. The summed E-state index contributed by atoms with van der Waals surface area (Å²) in [6, 6.07) is 7.59. The summed E-state index contributed by atoms with van der Waals surface area (Å²) in [5.74, 6) is 0.151. The van der Waals surface area contributed by atoms with Gasteiger partial charge < -0.3 is 9.64 Å². The molecular weight excluding hydrogens is 326 g/mol. The first-order valence-corrected chi connectivity index (χ1v) is 8.57. The van der Waals surface area contributed by atoms with Crippen LogP contribution in [0.15, 0.2) is 24.3 Å². The molecule has 1 aromatic carbocycles. The summed E-state index contributed by atoms with van der Waals surface area (Å²) < 4.78 is 5.62. The van der Waals surface area contributed by atoms with Gasteiger partial charge in [-0.2, -0.15) is 5.10 Å². The fourth-order valence-electron chi connectivity index (χ4n) is 3.24. The summed E-state index contributed by atoms with van der Waals surface area (Å²) in [7, 11) is 0. The third kappa shape index (κ3) is 3.62. The van der Waals surface area contributed by atoms with Gasteiger partial charge in [0.2, 0.25) is 5.91 Å². The molecule has 0 spiro atoms. The number of rotatable bonds is 4. The zero-order chi connectivity index (χ0) is 17.1. The van der Waals surface area contributed by atoms with Crippen molar-refractivity contribution in [2.45, 2.75) is 32.7 Å². The number of halogens is 1. The van der Waals surface area contributed by atoms with Crippen molar-refractivity contribution >= 4 is 17.5 Å². The minimum atomic E-state index is -0.0600. The van der Waals surface area contributed by atoms with Crippen LogP contribution in [0.5, 0.6) is 0 Å². The fraction of sp³-hybridized carbons (Fsp3) is 0.444. The standard InChI is InChI=1S/C18H22ClN3O2/c1-12-18(13(2)21-20-12)16-11-24-10-9-22(16)17(23)8-5-14-3-6-15(19)7-4-14/h3-4,6-7,16H,5,8-11H2,1-2H3,(H,20,21). The highest BCUT2D eigenvalue weighted by molar-refractivity contribution is 6.30. The van der Waals surface area contributed by atoms with Crippen LogP contribution in [0.2, 0.25) is 5.02 Å². The molecule has 2 heterocycles. The van der Waals surface area contributed by atoms with Gasteiger partial charge in [-0.15, -0.1) is 0 Å². The molecule has 1 fully saturated rings. The van der Waals surface area contributed by atoms with Gasteiger partial charge in [0.25, 0.3) is 0 Å². The summed E-state index contributed by atoms with van der Waals surface area (Å²) >= 11 is 5.90. The second-order valence-electron chi connectivity index (χ2n) is 6.15. The highest BCUT2D eigenvalue weighted by Crippen LogP contribution is 2.29. The molecule has 1 atom stereocenters. The quantitative estimate of drug-likeness (QED) is 0.923. The SMILES string of the molecule is Cc1n[nH]c(C)c1C1COCCN1C(=O)CCc1ccc(Cl)cc1. The molecule has 1 N–H and O–H groups in total. The molecule has 128 valence electrons. The van der Waals surface area contributed by atoms with Crippen LogP contribution >= 0.6 is 11.6 Å². The largest absolute Gasteiger partial charge is 0.377 e. The van der Waals surface area contributed by atoms with Gasteiger partial charge in [0, 0.05) is 29.2 Å². The second kappa shape index (κ2) is 7.36. The predicted molar refractivity (Wildman–Crippen MR) is 93.1 cm³/mol. The number of aromatic amines is 1. The average molecular weight is 348 g/mol. The molecule has 0 radical (unpaired) electrons. The Kier molecular flexibility index (Phi) is 5.21. The van der Waals surface area contributed by atoms with Crippen LogP contribution in [0.3, 0.4) is 0 Å².